The Morgan fingerprint density at radius 1 is 1.70 bits per heavy atom. The van der Waals surface area contributed by atoms with Gasteiger partial charge in [-0.1, -0.05) is 6.92 Å². The predicted molar refractivity (Wildman–Crippen MR) is 44.0 cm³/mol. The third kappa shape index (κ3) is 4.66. The van der Waals surface area contributed by atoms with Crippen LogP contribution in [0.25, 0.3) is 0 Å². The van der Waals surface area contributed by atoms with Gasteiger partial charge in [-0.3, -0.25) is 0 Å². The van der Waals surface area contributed by atoms with Crippen molar-refractivity contribution in [2.75, 3.05) is 19.5 Å². The molecule has 0 spiro atoms. The summed E-state index contributed by atoms with van der Waals surface area (Å²) in [5.41, 5.74) is 0. The van der Waals surface area contributed by atoms with E-state index in [9.17, 15) is 0 Å². The third-order valence-electron chi connectivity index (χ3n) is 1.12. The van der Waals surface area contributed by atoms with Gasteiger partial charge in [-0.05, 0) is 6.42 Å². The van der Waals surface area contributed by atoms with Crippen molar-refractivity contribution in [1.82, 2.24) is 0 Å². The first kappa shape index (κ1) is 9.80. The van der Waals surface area contributed by atoms with Crippen LogP contribution in [0.2, 0.25) is 0 Å². The molecule has 2 nitrogen and oxygen atoms in total. The van der Waals surface area contributed by atoms with Crippen LogP contribution in [0.5, 0.6) is 0 Å². The largest absolute Gasteiger partial charge is 0.384 e. The van der Waals surface area contributed by atoms with E-state index in [1.807, 2.05) is 6.92 Å². The highest BCUT2D eigenvalue weighted by Crippen LogP contribution is 2.12. The minimum absolute atomic E-state index is 0.148. The summed E-state index contributed by atoms with van der Waals surface area (Å²) in [5.74, 6) is 0.919. The summed E-state index contributed by atoms with van der Waals surface area (Å²) in [6, 6.07) is 2.22. The molecule has 0 radical (unpaired) electrons. The average molecular weight is 159 g/mol. The normalized spacial score (nSPS) is 12.5. The second kappa shape index (κ2) is 6.91. The smallest absolute Gasteiger partial charge is 0.0914 e. The van der Waals surface area contributed by atoms with Gasteiger partial charge >= 0.3 is 0 Å². The fraction of sp³-hybridized carbons (Fsp3) is 0.857. The molecule has 0 aromatic rings. The van der Waals surface area contributed by atoms with Gasteiger partial charge in [-0.2, -0.15) is 5.26 Å². The minimum atomic E-state index is 0.148. The molecule has 0 bridgehead atoms. The summed E-state index contributed by atoms with van der Waals surface area (Å²) in [6.07, 6.45) is 0.922. The van der Waals surface area contributed by atoms with Gasteiger partial charge in [-0.25, -0.2) is 0 Å². The molecule has 0 aromatic carbocycles. The topological polar surface area (TPSA) is 33.0 Å². The molecule has 1 atom stereocenters. The lowest BCUT2D eigenvalue weighted by Gasteiger charge is -2.03. The van der Waals surface area contributed by atoms with Crippen LogP contribution in [0.1, 0.15) is 13.3 Å². The number of methoxy groups -OCH3 is 1. The van der Waals surface area contributed by atoms with E-state index >= 15 is 0 Å². The minimum Gasteiger partial charge on any atom is -0.384 e. The number of hydrogen-bond acceptors (Lipinski definition) is 3. The Kier molecular flexibility index (Phi) is 6.78. The summed E-state index contributed by atoms with van der Waals surface area (Å²) < 4.78 is 4.85. The Morgan fingerprint density at radius 2 is 2.40 bits per heavy atom. The van der Waals surface area contributed by atoms with E-state index in [1.165, 1.54) is 0 Å². The van der Waals surface area contributed by atoms with Crippen molar-refractivity contribution in [3.63, 3.8) is 0 Å². The van der Waals surface area contributed by atoms with Crippen molar-refractivity contribution in [3.8, 4) is 6.07 Å². The number of ether oxygens (including phenoxy) is 1. The molecule has 0 saturated carbocycles. The number of nitrogens with zero attached hydrogens (tertiary/aromatic N) is 1. The Morgan fingerprint density at radius 3 is 2.80 bits per heavy atom. The van der Waals surface area contributed by atoms with E-state index in [0.29, 0.717) is 0 Å². The first-order valence-corrected chi connectivity index (χ1v) is 4.40. The molecule has 0 heterocycles. The van der Waals surface area contributed by atoms with Crippen LogP contribution in [0.3, 0.4) is 0 Å². The van der Waals surface area contributed by atoms with Crippen molar-refractivity contribution < 1.29 is 4.74 Å². The van der Waals surface area contributed by atoms with E-state index in [0.717, 1.165) is 18.8 Å². The molecule has 0 aliphatic carbocycles. The van der Waals surface area contributed by atoms with Crippen LogP contribution in [0.15, 0.2) is 0 Å². The molecule has 10 heavy (non-hydrogen) atoms. The summed E-state index contributed by atoms with van der Waals surface area (Å²) in [5, 5.41) is 8.66. The quantitative estimate of drug-likeness (QED) is 0.572. The maximum atomic E-state index is 8.51. The molecular weight excluding hydrogens is 146 g/mol. The first-order valence-electron chi connectivity index (χ1n) is 3.35. The van der Waals surface area contributed by atoms with Gasteiger partial charge < -0.3 is 4.74 Å². The maximum Gasteiger partial charge on any atom is 0.0914 e. The Hall–Kier alpha value is -0.200. The zero-order chi connectivity index (χ0) is 7.82. The molecule has 1 unspecified atom stereocenters. The van der Waals surface area contributed by atoms with Gasteiger partial charge in [0.2, 0.25) is 0 Å². The molecule has 58 valence electrons. The average Bonchev–Trinajstić information content (AvgIpc) is 1.99. The van der Waals surface area contributed by atoms with Gasteiger partial charge in [0.25, 0.3) is 0 Å². The second-order valence-corrected chi connectivity index (χ2v) is 3.20. The summed E-state index contributed by atoms with van der Waals surface area (Å²) >= 11 is 1.66. The van der Waals surface area contributed by atoms with Crippen molar-refractivity contribution in [3.05, 3.63) is 0 Å². The lowest BCUT2D eigenvalue weighted by Crippen LogP contribution is -2.00. The van der Waals surface area contributed by atoms with E-state index in [4.69, 9.17) is 10.00 Å². The van der Waals surface area contributed by atoms with Crippen molar-refractivity contribution in [1.29, 1.82) is 5.26 Å². The fourth-order valence-electron chi connectivity index (χ4n) is 0.520. The molecule has 0 fully saturated rings. The van der Waals surface area contributed by atoms with Gasteiger partial charge in [0.15, 0.2) is 0 Å². The zero-order valence-electron chi connectivity index (χ0n) is 6.46. The molecule has 0 aliphatic rings. The van der Waals surface area contributed by atoms with Gasteiger partial charge in [0.05, 0.1) is 17.9 Å². The van der Waals surface area contributed by atoms with Crippen LogP contribution >= 0.6 is 11.8 Å². The van der Waals surface area contributed by atoms with E-state index in [2.05, 4.69) is 6.07 Å². The van der Waals surface area contributed by atoms with E-state index in [-0.39, 0.29) is 5.25 Å². The van der Waals surface area contributed by atoms with E-state index < -0.39 is 0 Å². The van der Waals surface area contributed by atoms with Crippen LogP contribution in [0.4, 0.5) is 0 Å². The van der Waals surface area contributed by atoms with Crippen LogP contribution in [-0.2, 0) is 4.74 Å². The molecular formula is C7H13NOS. The molecule has 0 N–H and O–H groups in total. The fourth-order valence-corrected chi connectivity index (χ4v) is 1.38. The third-order valence-corrected chi connectivity index (χ3v) is 2.36. The van der Waals surface area contributed by atoms with Crippen molar-refractivity contribution in [2.24, 2.45) is 0 Å². The number of thioether (sulfide) groups is 1. The Balaban J connectivity index is 3.20. The highest BCUT2D eigenvalue weighted by molar-refractivity contribution is 8.00. The summed E-state index contributed by atoms with van der Waals surface area (Å²) in [7, 11) is 1.67. The summed E-state index contributed by atoms with van der Waals surface area (Å²) in [6.45, 7) is 2.76. The van der Waals surface area contributed by atoms with Gasteiger partial charge in [-0.15, -0.1) is 11.8 Å². The second-order valence-electron chi connectivity index (χ2n) is 1.89. The number of rotatable bonds is 5. The monoisotopic (exact) mass is 159 g/mol. The molecule has 3 heteroatoms. The maximum absolute atomic E-state index is 8.51. The first-order chi connectivity index (χ1) is 4.85. The standard InChI is InChI=1S/C7H13NOS/c1-3-7(6-8)10-5-4-9-2/h7H,3-5H2,1-2H3. The zero-order valence-corrected chi connectivity index (χ0v) is 7.28. The van der Waals surface area contributed by atoms with Crippen LogP contribution in [0, 0.1) is 11.3 Å². The van der Waals surface area contributed by atoms with Crippen LogP contribution in [-0.4, -0.2) is 24.7 Å². The van der Waals surface area contributed by atoms with Gasteiger partial charge in [0, 0.05) is 12.9 Å². The lowest BCUT2D eigenvalue weighted by molar-refractivity contribution is 0.218. The van der Waals surface area contributed by atoms with E-state index in [1.54, 1.807) is 18.9 Å². The molecule has 0 rings (SSSR count). The number of nitriles is 1. The molecule has 0 aliphatic heterocycles. The summed E-state index contributed by atoms with van der Waals surface area (Å²) in [4.78, 5) is 0. The predicted octanol–water partition coefficient (Wildman–Crippen LogP) is 1.67. The van der Waals surface area contributed by atoms with Crippen LogP contribution < -0.4 is 0 Å². The Labute approximate surface area is 66.6 Å². The Bertz CT molecular complexity index is 111. The van der Waals surface area contributed by atoms with Crippen molar-refractivity contribution >= 4 is 11.8 Å². The highest BCUT2D eigenvalue weighted by Gasteiger charge is 2.02. The molecule has 0 aromatic heterocycles. The highest BCUT2D eigenvalue weighted by atomic mass is 32.2. The van der Waals surface area contributed by atoms with Crippen molar-refractivity contribution in [2.45, 2.75) is 18.6 Å². The lowest BCUT2D eigenvalue weighted by atomic mass is 10.4. The SMILES string of the molecule is CCC(C#N)SCCOC. The molecule has 0 amide bonds. The van der Waals surface area contributed by atoms with Gasteiger partial charge in [0.1, 0.15) is 0 Å². The molecule has 0 saturated heterocycles. The number of hydrogen-bond donors (Lipinski definition) is 0.